The van der Waals surface area contributed by atoms with Gasteiger partial charge in [-0.05, 0) is 94.2 Å². The molecule has 0 saturated carbocycles. The molecule has 6 rings (SSSR count). The van der Waals surface area contributed by atoms with Crippen LogP contribution in [0, 0.1) is 0 Å². The van der Waals surface area contributed by atoms with Crippen molar-refractivity contribution in [2.75, 3.05) is 17.3 Å². The molecule has 3 N–H and O–H groups in total. The number of carboxylic acids is 3. The Morgan fingerprint density at radius 1 is 0.264 bits per heavy atom. The number of fused-ring (bicyclic) bond motifs is 3. The summed E-state index contributed by atoms with van der Waals surface area (Å²) in [6.45, 7) is 0. The number of imidazole rings is 3. The fourth-order valence-corrected chi connectivity index (χ4v) is 14.2. The van der Waals surface area contributed by atoms with E-state index in [0.29, 0.717) is 0 Å². The molecule has 0 unspecified atom stereocenters. The number of para-hydroxylation sites is 6. The topological polar surface area (TPSA) is 206 Å². The summed E-state index contributed by atoms with van der Waals surface area (Å²) in [5.41, 5.74) is 6.57. The summed E-state index contributed by atoms with van der Waals surface area (Å²) in [5, 5.41) is 34.1. The Bertz CT molecular complexity index is 2300. The average Bonchev–Trinajstić information content (AvgIpc) is 2.96. The zero-order valence-electron chi connectivity index (χ0n) is 55.9. The van der Waals surface area contributed by atoms with Crippen LogP contribution in [0.1, 0.15) is 308 Å². The molecule has 0 fully saturated rings. The number of carbonyl (C=O) groups is 3. The quantitative estimate of drug-likeness (QED) is 0.0185. The van der Waals surface area contributed by atoms with E-state index in [-0.39, 0.29) is 36.3 Å². The molecule has 0 saturated heterocycles. The fourth-order valence-electron chi connectivity index (χ4n) is 11.5. The summed E-state index contributed by atoms with van der Waals surface area (Å²) < 4.78 is 0. The number of aromatic amines is 3. The maximum absolute atomic E-state index is 10.3. The minimum Gasteiger partial charge on any atom is -0.550 e. The zero-order chi connectivity index (χ0) is 63.8. The first-order chi connectivity index (χ1) is 44.3. The van der Waals surface area contributed by atoms with E-state index in [9.17, 15) is 29.7 Å². The molecular formula is C75H117FeN6O6S3. The maximum Gasteiger partial charge on any atom is 3.00 e. The van der Waals surface area contributed by atoms with Gasteiger partial charge in [-0.1, -0.05) is 322 Å². The van der Waals surface area contributed by atoms with Crippen LogP contribution in [0.5, 0.6) is 0 Å². The number of carbonyl (C=O) groups excluding carboxylic acids is 3. The molecular weight excluding hydrogens is 1230 g/mol. The Morgan fingerprint density at radius 3 is 0.604 bits per heavy atom. The van der Waals surface area contributed by atoms with E-state index < -0.39 is 17.9 Å². The molecule has 0 aliphatic carbocycles. The number of hydrogen-bond acceptors (Lipinski definition) is 12. The number of nitrogens with zero attached hydrogens (tertiary/aromatic N) is 3. The van der Waals surface area contributed by atoms with Gasteiger partial charge in [0.15, 0.2) is 15.5 Å². The normalized spacial score (nSPS) is 11.2. The van der Waals surface area contributed by atoms with Gasteiger partial charge >= 0.3 is 17.1 Å². The summed E-state index contributed by atoms with van der Waals surface area (Å²) in [7, 11) is 0. The maximum atomic E-state index is 10.3. The first kappa shape index (κ1) is 81.3. The first-order valence-electron chi connectivity index (χ1n) is 36.1. The van der Waals surface area contributed by atoms with Gasteiger partial charge in [-0.15, -0.1) is 0 Å². The van der Waals surface area contributed by atoms with Gasteiger partial charge in [-0.3, -0.25) is 0 Å². The van der Waals surface area contributed by atoms with Gasteiger partial charge in [-0.2, -0.15) is 0 Å². The van der Waals surface area contributed by atoms with Crippen molar-refractivity contribution < 1.29 is 46.8 Å². The SMILES string of the molecule is O=C([O-])CCCCCCCCCCCCCCCCCSc1nc2ccccc2[nH]1.O=C([O-])CCCCCCCCCCCCCCCCCSc1nc2ccccc2[nH]1.O=C([O-])CCCCCCCCCCCCCCCCCSc1nc2ccccc2[nH]1.[Fe+3]. The Hall–Kier alpha value is -3.95. The summed E-state index contributed by atoms with van der Waals surface area (Å²) in [6, 6.07) is 24.7. The van der Waals surface area contributed by atoms with Gasteiger partial charge < -0.3 is 44.7 Å². The zero-order valence-corrected chi connectivity index (χ0v) is 59.4. The van der Waals surface area contributed by atoms with E-state index in [1.807, 2.05) is 71.7 Å². The summed E-state index contributed by atoms with van der Waals surface area (Å²) in [5.74, 6) is 0.720. The monoisotopic (exact) mass is 1350 g/mol. The number of aromatic nitrogens is 6. The van der Waals surface area contributed by atoms with Crippen molar-refractivity contribution in [3.05, 3.63) is 72.8 Å². The van der Waals surface area contributed by atoms with Gasteiger partial charge in [0, 0.05) is 35.2 Å². The fraction of sp³-hybridized carbons (Fsp3) is 0.680. The van der Waals surface area contributed by atoms with E-state index in [2.05, 4.69) is 66.3 Å². The van der Waals surface area contributed by atoms with E-state index in [4.69, 9.17) is 0 Å². The Balaban J connectivity index is 0.000000354. The van der Waals surface area contributed by atoms with Crippen LogP contribution in [0.25, 0.3) is 33.1 Å². The molecule has 0 amide bonds. The number of thioether (sulfide) groups is 3. The third-order valence-electron chi connectivity index (χ3n) is 16.9. The third-order valence-corrected chi connectivity index (χ3v) is 19.8. The van der Waals surface area contributed by atoms with Gasteiger partial charge in [-0.25, -0.2) is 15.0 Å². The number of unbranched alkanes of at least 4 members (excludes halogenated alkanes) is 42. The van der Waals surface area contributed by atoms with Gasteiger partial charge in [0.2, 0.25) is 0 Å². The minimum atomic E-state index is -0.909. The van der Waals surface area contributed by atoms with Crippen molar-refractivity contribution in [1.29, 1.82) is 0 Å². The summed E-state index contributed by atoms with van der Waals surface area (Å²) >= 11 is 5.52. The number of rotatable bonds is 57. The molecule has 0 bridgehead atoms. The number of carboxylic acid groups (broad SMARTS) is 3. The Kier molecular flexibility index (Phi) is 51.4. The summed E-state index contributed by atoms with van der Waals surface area (Å²) in [4.78, 5) is 55.0. The van der Waals surface area contributed by atoms with Crippen molar-refractivity contribution in [3.63, 3.8) is 0 Å². The van der Waals surface area contributed by atoms with Crippen LogP contribution < -0.4 is 15.3 Å². The van der Waals surface area contributed by atoms with Crippen LogP contribution >= 0.6 is 35.3 Å². The van der Waals surface area contributed by atoms with Crippen molar-refractivity contribution in [3.8, 4) is 0 Å². The second kappa shape index (κ2) is 57.5. The number of benzene rings is 3. The molecule has 12 nitrogen and oxygen atoms in total. The predicted octanol–water partition coefficient (Wildman–Crippen LogP) is 19.9. The van der Waals surface area contributed by atoms with Crippen LogP contribution in [0.2, 0.25) is 0 Å². The molecule has 16 heteroatoms. The van der Waals surface area contributed by atoms with Crippen LogP contribution in [-0.2, 0) is 31.5 Å². The molecule has 0 spiro atoms. The largest absolute Gasteiger partial charge is 3.00 e. The first-order valence-corrected chi connectivity index (χ1v) is 39.0. The van der Waals surface area contributed by atoms with Crippen LogP contribution in [0.3, 0.4) is 0 Å². The molecule has 1 radical (unpaired) electrons. The van der Waals surface area contributed by atoms with Gasteiger partial charge in [0.05, 0.1) is 33.1 Å². The predicted molar refractivity (Wildman–Crippen MR) is 377 cm³/mol. The summed E-state index contributed by atoms with van der Waals surface area (Å²) in [6.07, 6.45) is 58.0. The van der Waals surface area contributed by atoms with E-state index >= 15 is 0 Å². The van der Waals surface area contributed by atoms with Crippen LogP contribution in [-0.4, -0.2) is 65.1 Å². The number of hydrogen-bond donors (Lipinski definition) is 3. The van der Waals surface area contributed by atoms with Crippen LogP contribution in [0.15, 0.2) is 88.3 Å². The molecule has 509 valence electrons. The molecule has 3 aromatic heterocycles. The second-order valence-corrected chi connectivity index (χ2v) is 28.2. The molecule has 0 aliphatic heterocycles. The molecule has 91 heavy (non-hydrogen) atoms. The standard InChI is InChI=1S/3C25H40N2O2S.Fe/c3*28-24(29)20-14-12-10-8-6-4-2-1-3-5-7-9-11-13-17-21-30-25-26-22-18-15-16-19-23(22)27-25;/h3*15-16,18-19H,1-14,17,20-21H2,(H,26,27)(H,28,29);/q;;;+3/p-3. The van der Waals surface area contributed by atoms with E-state index in [1.54, 1.807) is 0 Å². The number of nitrogens with one attached hydrogen (secondary N) is 3. The van der Waals surface area contributed by atoms with Crippen molar-refractivity contribution in [2.24, 2.45) is 0 Å². The Labute approximate surface area is 572 Å². The second-order valence-electron chi connectivity index (χ2n) is 25.0. The molecule has 3 aromatic carbocycles. The Morgan fingerprint density at radius 2 is 0.429 bits per heavy atom. The average molecular weight is 1350 g/mol. The number of H-pyrrole nitrogens is 3. The van der Waals surface area contributed by atoms with Crippen molar-refractivity contribution in [2.45, 2.75) is 324 Å². The molecule has 6 aromatic rings. The molecule has 0 aliphatic rings. The van der Waals surface area contributed by atoms with E-state index in [1.165, 1.54) is 250 Å². The smallest absolute Gasteiger partial charge is 0.550 e. The minimum absolute atomic E-state index is 0. The van der Waals surface area contributed by atoms with Crippen LogP contribution in [0.4, 0.5) is 0 Å². The van der Waals surface area contributed by atoms with Gasteiger partial charge in [0.1, 0.15) is 0 Å². The van der Waals surface area contributed by atoms with Crippen molar-refractivity contribution >= 4 is 86.3 Å². The molecule has 3 heterocycles. The third kappa shape index (κ3) is 45.1. The van der Waals surface area contributed by atoms with E-state index in [0.717, 1.165) is 104 Å². The number of aliphatic carboxylic acids is 3. The van der Waals surface area contributed by atoms with Gasteiger partial charge in [0.25, 0.3) is 0 Å². The molecule has 0 atom stereocenters. The van der Waals surface area contributed by atoms with Crippen molar-refractivity contribution in [1.82, 2.24) is 29.9 Å².